The molecule has 0 fully saturated rings. The average molecular weight is 154 g/mol. The summed E-state index contributed by atoms with van der Waals surface area (Å²) >= 11 is 0. The van der Waals surface area contributed by atoms with Crippen LogP contribution in [0.15, 0.2) is 23.2 Å². The number of amides is 1. The predicted octanol–water partition coefficient (Wildman–Crippen LogP) is -1.91. The van der Waals surface area contributed by atoms with E-state index < -0.39 is 5.91 Å². The SMILES string of the molecule is NC(=O)C1=C(N)NCC=C1N. The first-order chi connectivity index (χ1) is 5.13. The number of nitrogens with one attached hydrogen (secondary N) is 1. The number of carbonyl (C=O) groups is 1. The molecule has 0 radical (unpaired) electrons. The Bertz CT molecular complexity index is 253. The molecule has 0 unspecified atom stereocenters. The van der Waals surface area contributed by atoms with Gasteiger partial charge in [-0.3, -0.25) is 4.79 Å². The van der Waals surface area contributed by atoms with Crippen LogP contribution in [0.3, 0.4) is 0 Å². The molecule has 0 atom stereocenters. The highest BCUT2D eigenvalue weighted by Crippen LogP contribution is 2.07. The summed E-state index contributed by atoms with van der Waals surface area (Å²) in [6.07, 6.45) is 1.65. The van der Waals surface area contributed by atoms with Gasteiger partial charge in [0.2, 0.25) is 0 Å². The number of primary amides is 1. The van der Waals surface area contributed by atoms with Crippen LogP contribution in [0.2, 0.25) is 0 Å². The molecular weight excluding hydrogens is 144 g/mol. The van der Waals surface area contributed by atoms with Gasteiger partial charge < -0.3 is 22.5 Å². The van der Waals surface area contributed by atoms with E-state index in [1.807, 2.05) is 0 Å². The monoisotopic (exact) mass is 154 g/mol. The van der Waals surface area contributed by atoms with Crippen LogP contribution in [0.4, 0.5) is 0 Å². The number of dihydropyridines is 1. The van der Waals surface area contributed by atoms with Crippen molar-refractivity contribution in [1.82, 2.24) is 5.32 Å². The van der Waals surface area contributed by atoms with E-state index >= 15 is 0 Å². The smallest absolute Gasteiger partial charge is 0.254 e. The first-order valence-electron chi connectivity index (χ1n) is 3.12. The zero-order chi connectivity index (χ0) is 8.43. The summed E-state index contributed by atoms with van der Waals surface area (Å²) in [7, 11) is 0. The summed E-state index contributed by atoms with van der Waals surface area (Å²) in [4.78, 5) is 10.7. The van der Waals surface area contributed by atoms with Gasteiger partial charge in [-0.15, -0.1) is 0 Å². The Hall–Kier alpha value is -1.65. The van der Waals surface area contributed by atoms with E-state index in [4.69, 9.17) is 17.2 Å². The van der Waals surface area contributed by atoms with Gasteiger partial charge in [0.25, 0.3) is 5.91 Å². The second-order valence-electron chi connectivity index (χ2n) is 2.19. The van der Waals surface area contributed by atoms with Gasteiger partial charge in [-0.1, -0.05) is 0 Å². The standard InChI is InChI=1S/C6H10N4O/c7-3-1-2-10-5(8)4(3)6(9)11/h1,10H,2,7-8H2,(H2,9,11). The molecule has 0 aromatic carbocycles. The molecule has 60 valence electrons. The number of nitrogens with two attached hydrogens (primary N) is 3. The molecule has 0 aliphatic carbocycles. The second kappa shape index (κ2) is 2.53. The highest BCUT2D eigenvalue weighted by molar-refractivity contribution is 5.97. The van der Waals surface area contributed by atoms with Crippen molar-refractivity contribution in [3.63, 3.8) is 0 Å². The Labute approximate surface area is 63.9 Å². The summed E-state index contributed by atoms with van der Waals surface area (Å²) in [5, 5.41) is 2.74. The maximum absolute atomic E-state index is 10.7. The van der Waals surface area contributed by atoms with Gasteiger partial charge in [0.1, 0.15) is 11.4 Å². The van der Waals surface area contributed by atoms with E-state index in [2.05, 4.69) is 5.32 Å². The minimum Gasteiger partial charge on any atom is -0.398 e. The van der Waals surface area contributed by atoms with Crippen molar-refractivity contribution < 1.29 is 4.79 Å². The van der Waals surface area contributed by atoms with Gasteiger partial charge in [0, 0.05) is 12.2 Å². The Morgan fingerprint density at radius 2 is 2.18 bits per heavy atom. The Balaban J connectivity index is 3.04. The summed E-state index contributed by atoms with van der Waals surface area (Å²) in [6.45, 7) is 0.536. The molecule has 1 aliphatic heterocycles. The van der Waals surface area contributed by atoms with Gasteiger partial charge in [0.05, 0.1) is 0 Å². The van der Waals surface area contributed by atoms with Crippen molar-refractivity contribution >= 4 is 5.91 Å². The third-order valence-electron chi connectivity index (χ3n) is 1.42. The van der Waals surface area contributed by atoms with Crippen LogP contribution in [0.1, 0.15) is 0 Å². The van der Waals surface area contributed by atoms with Crippen molar-refractivity contribution in [1.29, 1.82) is 0 Å². The van der Waals surface area contributed by atoms with Gasteiger partial charge in [-0.2, -0.15) is 0 Å². The fraction of sp³-hybridized carbons (Fsp3) is 0.167. The molecule has 7 N–H and O–H groups in total. The van der Waals surface area contributed by atoms with Crippen molar-refractivity contribution in [3.05, 3.63) is 23.2 Å². The molecule has 0 aromatic rings. The summed E-state index contributed by atoms with van der Waals surface area (Å²) in [6, 6.07) is 0. The van der Waals surface area contributed by atoms with Crippen LogP contribution in [-0.4, -0.2) is 12.5 Å². The maximum Gasteiger partial charge on any atom is 0.254 e. The zero-order valence-corrected chi connectivity index (χ0v) is 5.92. The molecule has 0 bridgehead atoms. The largest absolute Gasteiger partial charge is 0.398 e. The molecule has 0 aromatic heterocycles. The van der Waals surface area contributed by atoms with E-state index in [0.29, 0.717) is 12.2 Å². The number of hydrogen-bond donors (Lipinski definition) is 4. The number of carbonyl (C=O) groups excluding carboxylic acids is 1. The van der Waals surface area contributed by atoms with Crippen molar-refractivity contribution in [2.24, 2.45) is 17.2 Å². The first-order valence-corrected chi connectivity index (χ1v) is 3.12. The molecule has 5 heteroatoms. The lowest BCUT2D eigenvalue weighted by molar-refractivity contribution is -0.114. The van der Waals surface area contributed by atoms with E-state index in [1.165, 1.54) is 0 Å². The van der Waals surface area contributed by atoms with Crippen LogP contribution >= 0.6 is 0 Å². The summed E-state index contributed by atoms with van der Waals surface area (Å²) in [5.74, 6) is -0.360. The molecule has 5 nitrogen and oxygen atoms in total. The molecule has 1 rings (SSSR count). The molecule has 0 saturated carbocycles. The lowest BCUT2D eigenvalue weighted by atomic mass is 10.1. The Morgan fingerprint density at radius 3 is 2.55 bits per heavy atom. The van der Waals surface area contributed by atoms with E-state index in [1.54, 1.807) is 6.08 Å². The second-order valence-corrected chi connectivity index (χ2v) is 2.19. The Morgan fingerprint density at radius 1 is 1.55 bits per heavy atom. The van der Waals surface area contributed by atoms with Crippen LogP contribution in [0.25, 0.3) is 0 Å². The van der Waals surface area contributed by atoms with Crippen LogP contribution in [0, 0.1) is 0 Å². The molecule has 0 spiro atoms. The first kappa shape index (κ1) is 7.46. The highest BCUT2D eigenvalue weighted by Gasteiger charge is 2.15. The predicted molar refractivity (Wildman–Crippen MR) is 40.7 cm³/mol. The average Bonchev–Trinajstić information content (AvgIpc) is 1.85. The lowest BCUT2D eigenvalue weighted by Crippen LogP contribution is -2.33. The van der Waals surface area contributed by atoms with Crippen molar-refractivity contribution in [2.75, 3.05) is 6.54 Å². The van der Waals surface area contributed by atoms with Crippen molar-refractivity contribution in [3.8, 4) is 0 Å². The molecule has 1 aliphatic rings. The van der Waals surface area contributed by atoms with Gasteiger partial charge in [-0.25, -0.2) is 0 Å². The minimum absolute atomic E-state index is 0.177. The molecular formula is C6H10N4O. The molecule has 1 heterocycles. The lowest BCUT2D eigenvalue weighted by Gasteiger charge is -2.15. The quantitative estimate of drug-likeness (QED) is 0.353. The maximum atomic E-state index is 10.7. The van der Waals surface area contributed by atoms with Gasteiger partial charge >= 0.3 is 0 Å². The third kappa shape index (κ3) is 1.26. The molecule has 0 saturated heterocycles. The van der Waals surface area contributed by atoms with E-state index in [-0.39, 0.29) is 11.4 Å². The summed E-state index contributed by atoms with van der Waals surface area (Å²) < 4.78 is 0. The van der Waals surface area contributed by atoms with E-state index in [0.717, 1.165) is 0 Å². The van der Waals surface area contributed by atoms with E-state index in [9.17, 15) is 4.79 Å². The fourth-order valence-electron chi connectivity index (χ4n) is 0.892. The topological polar surface area (TPSA) is 107 Å². The molecule has 1 amide bonds. The van der Waals surface area contributed by atoms with Crippen LogP contribution in [0.5, 0.6) is 0 Å². The van der Waals surface area contributed by atoms with Gasteiger partial charge in [-0.05, 0) is 6.08 Å². The Kier molecular flexibility index (Phi) is 1.72. The summed E-state index contributed by atoms with van der Waals surface area (Å²) in [5.41, 5.74) is 16.4. The van der Waals surface area contributed by atoms with Gasteiger partial charge in [0.15, 0.2) is 0 Å². The highest BCUT2D eigenvalue weighted by atomic mass is 16.1. The number of hydrogen-bond acceptors (Lipinski definition) is 4. The normalized spacial score (nSPS) is 17.3. The zero-order valence-electron chi connectivity index (χ0n) is 5.92. The third-order valence-corrected chi connectivity index (χ3v) is 1.42. The van der Waals surface area contributed by atoms with Crippen molar-refractivity contribution in [2.45, 2.75) is 0 Å². The minimum atomic E-state index is -0.608. The van der Waals surface area contributed by atoms with Crippen LogP contribution in [-0.2, 0) is 4.79 Å². The van der Waals surface area contributed by atoms with Crippen LogP contribution < -0.4 is 22.5 Å². The fourth-order valence-corrected chi connectivity index (χ4v) is 0.892. The molecule has 11 heavy (non-hydrogen) atoms. The number of rotatable bonds is 1.